The van der Waals surface area contributed by atoms with Crippen LogP contribution in [0.15, 0.2) is 64.5 Å². The van der Waals surface area contributed by atoms with Gasteiger partial charge in [0.15, 0.2) is 12.2 Å². The molecule has 2 aromatic carbocycles. The number of oxazole rings is 1. The lowest BCUT2D eigenvalue weighted by molar-refractivity contribution is 0.414. The molecule has 7 nitrogen and oxygen atoms in total. The molecule has 3 aromatic rings. The number of ether oxygens (including phenoxy) is 1. The molecule has 0 aliphatic heterocycles. The van der Waals surface area contributed by atoms with E-state index in [1.807, 2.05) is 43.3 Å². The number of nitrogens with two attached hydrogens (primary N) is 1. The van der Waals surface area contributed by atoms with Gasteiger partial charge >= 0.3 is 0 Å². The lowest BCUT2D eigenvalue weighted by Gasteiger charge is -2.24. The van der Waals surface area contributed by atoms with E-state index in [0.717, 1.165) is 22.4 Å². The van der Waals surface area contributed by atoms with Crippen molar-refractivity contribution < 1.29 is 9.15 Å². The first kappa shape index (κ1) is 18.0. The highest BCUT2D eigenvalue weighted by Crippen LogP contribution is 2.34. The molecule has 3 rings (SSSR count). The van der Waals surface area contributed by atoms with Crippen molar-refractivity contribution in [3.8, 4) is 23.3 Å². The average molecular weight is 361 g/mol. The van der Waals surface area contributed by atoms with Crippen LogP contribution in [0, 0.1) is 18.4 Å². The Hall–Kier alpha value is -3.79. The van der Waals surface area contributed by atoms with Gasteiger partial charge in [0.1, 0.15) is 5.75 Å². The predicted molar refractivity (Wildman–Crippen MR) is 103 cm³/mol. The van der Waals surface area contributed by atoms with E-state index in [1.165, 1.54) is 6.39 Å². The van der Waals surface area contributed by atoms with Crippen LogP contribution in [0.3, 0.4) is 0 Å². The van der Waals surface area contributed by atoms with Gasteiger partial charge in [0, 0.05) is 11.8 Å². The number of methoxy groups -OCH3 is 1. The van der Waals surface area contributed by atoms with Crippen LogP contribution in [0.2, 0.25) is 0 Å². The highest BCUT2D eigenvalue weighted by atomic mass is 16.5. The van der Waals surface area contributed by atoms with E-state index in [0.29, 0.717) is 18.1 Å². The maximum atomic E-state index is 8.92. The van der Waals surface area contributed by atoms with Gasteiger partial charge in [-0.2, -0.15) is 5.26 Å². The molecule has 1 aromatic heterocycles. The van der Waals surface area contributed by atoms with Crippen LogP contribution >= 0.6 is 0 Å². The predicted octanol–water partition coefficient (Wildman–Crippen LogP) is 3.46. The molecule has 0 fully saturated rings. The minimum Gasteiger partial charge on any atom is -0.496 e. The van der Waals surface area contributed by atoms with Gasteiger partial charge in [-0.25, -0.2) is 4.98 Å². The number of aliphatic imine (C=N–C) groups is 1. The Morgan fingerprint density at radius 1 is 1.33 bits per heavy atom. The fourth-order valence-corrected chi connectivity index (χ4v) is 2.81. The van der Waals surface area contributed by atoms with E-state index in [4.69, 9.17) is 20.1 Å². The number of aromatic nitrogens is 1. The number of nitriles is 1. The molecule has 27 heavy (non-hydrogen) atoms. The zero-order chi connectivity index (χ0) is 19.2. The van der Waals surface area contributed by atoms with Gasteiger partial charge in [0.2, 0.25) is 12.2 Å². The Morgan fingerprint density at radius 2 is 2.19 bits per heavy atom. The Bertz CT molecular complexity index is 990. The smallest absolute Gasteiger partial charge is 0.212 e. The molecule has 0 radical (unpaired) electrons. The highest BCUT2D eigenvalue weighted by molar-refractivity contribution is 5.96. The lowest BCUT2D eigenvalue weighted by atomic mass is 10.1. The molecule has 0 atom stereocenters. The molecule has 0 saturated carbocycles. The Balaban J connectivity index is 2.01. The van der Waals surface area contributed by atoms with Gasteiger partial charge in [-0.05, 0) is 24.6 Å². The van der Waals surface area contributed by atoms with E-state index in [1.54, 1.807) is 24.4 Å². The molecule has 0 bridgehead atoms. The van der Waals surface area contributed by atoms with Gasteiger partial charge in [0.05, 0.1) is 25.4 Å². The van der Waals surface area contributed by atoms with Gasteiger partial charge in [-0.15, -0.1) is 4.99 Å². The van der Waals surface area contributed by atoms with Crippen LogP contribution in [0.25, 0.3) is 11.3 Å². The molecular formula is C20H19N5O2. The maximum absolute atomic E-state index is 8.92. The molecule has 1 heterocycles. The van der Waals surface area contributed by atoms with E-state index >= 15 is 0 Å². The number of hydrogen-bond donors (Lipinski definition) is 1. The Labute approximate surface area is 157 Å². The van der Waals surface area contributed by atoms with E-state index in [2.05, 4.69) is 16.0 Å². The molecule has 7 heteroatoms. The average Bonchev–Trinajstić information content (AvgIpc) is 3.20. The van der Waals surface area contributed by atoms with E-state index in [-0.39, 0.29) is 5.96 Å². The molecule has 0 aliphatic carbocycles. The fraction of sp³-hybridized carbons (Fsp3) is 0.150. The van der Waals surface area contributed by atoms with Crippen LogP contribution in [0.4, 0.5) is 5.69 Å². The SMILES string of the molecule is COc1cc(N(Cc2cccc(C)c2)C(N)=NC#N)ccc1-c1cnco1. The summed E-state index contributed by atoms with van der Waals surface area (Å²) in [6.07, 6.45) is 4.73. The van der Waals surface area contributed by atoms with Crippen molar-refractivity contribution in [3.63, 3.8) is 0 Å². The van der Waals surface area contributed by atoms with Gasteiger partial charge in [0.25, 0.3) is 0 Å². The van der Waals surface area contributed by atoms with Gasteiger partial charge < -0.3 is 19.8 Å². The number of nitrogens with zero attached hydrogens (tertiary/aromatic N) is 4. The summed E-state index contributed by atoms with van der Waals surface area (Å²) in [5.41, 5.74) is 9.75. The Morgan fingerprint density at radius 3 is 2.85 bits per heavy atom. The summed E-state index contributed by atoms with van der Waals surface area (Å²) >= 11 is 0. The molecular weight excluding hydrogens is 342 g/mol. The quantitative estimate of drug-likeness (QED) is 0.424. The second kappa shape index (κ2) is 8.06. The zero-order valence-electron chi connectivity index (χ0n) is 15.1. The fourth-order valence-electron chi connectivity index (χ4n) is 2.81. The minimum absolute atomic E-state index is 0.105. The topological polar surface area (TPSA) is 101 Å². The first-order valence-electron chi connectivity index (χ1n) is 8.24. The molecule has 0 saturated heterocycles. The number of rotatable bonds is 5. The Kier molecular flexibility index (Phi) is 5.38. The highest BCUT2D eigenvalue weighted by Gasteiger charge is 2.16. The molecule has 0 amide bonds. The lowest BCUT2D eigenvalue weighted by Crippen LogP contribution is -2.36. The molecule has 0 aliphatic rings. The van der Waals surface area contributed by atoms with E-state index in [9.17, 15) is 0 Å². The van der Waals surface area contributed by atoms with Crippen molar-refractivity contribution in [2.24, 2.45) is 10.7 Å². The third kappa shape index (κ3) is 4.07. The van der Waals surface area contributed by atoms with Crippen LogP contribution in [-0.2, 0) is 6.54 Å². The van der Waals surface area contributed by atoms with Crippen LogP contribution < -0.4 is 15.4 Å². The third-order valence-electron chi connectivity index (χ3n) is 4.06. The van der Waals surface area contributed by atoms with Gasteiger partial charge in [-0.1, -0.05) is 29.8 Å². The van der Waals surface area contributed by atoms with Crippen molar-refractivity contribution in [2.45, 2.75) is 13.5 Å². The molecule has 2 N–H and O–H groups in total. The van der Waals surface area contributed by atoms with Crippen molar-refractivity contribution in [1.82, 2.24) is 4.98 Å². The number of benzene rings is 2. The minimum atomic E-state index is 0.105. The first-order chi connectivity index (χ1) is 13.1. The molecule has 136 valence electrons. The summed E-state index contributed by atoms with van der Waals surface area (Å²) < 4.78 is 10.9. The monoisotopic (exact) mass is 361 g/mol. The van der Waals surface area contributed by atoms with Crippen molar-refractivity contribution in [2.75, 3.05) is 12.0 Å². The number of anilines is 1. The van der Waals surface area contributed by atoms with E-state index < -0.39 is 0 Å². The summed E-state index contributed by atoms with van der Waals surface area (Å²) in [4.78, 5) is 9.40. The standard InChI is InChI=1S/C20H19N5O2/c1-14-4-3-5-15(8-14)11-25(20(22)24-12-21)16-6-7-17(18(9-16)26-2)19-10-23-13-27-19/h3-10,13H,11H2,1-2H3,(H2,22,24). The molecule has 0 spiro atoms. The molecule has 0 unspecified atom stereocenters. The largest absolute Gasteiger partial charge is 0.496 e. The summed E-state index contributed by atoms with van der Waals surface area (Å²) in [5.74, 6) is 1.30. The second-order valence-electron chi connectivity index (χ2n) is 5.90. The maximum Gasteiger partial charge on any atom is 0.212 e. The number of guanidine groups is 1. The number of aryl methyl sites for hydroxylation is 1. The zero-order valence-corrected chi connectivity index (χ0v) is 15.1. The van der Waals surface area contributed by atoms with Crippen LogP contribution in [0.5, 0.6) is 5.75 Å². The van der Waals surface area contributed by atoms with Crippen molar-refractivity contribution in [1.29, 1.82) is 5.26 Å². The van der Waals surface area contributed by atoms with Crippen molar-refractivity contribution in [3.05, 3.63) is 66.2 Å². The van der Waals surface area contributed by atoms with Gasteiger partial charge in [-0.3, -0.25) is 0 Å². The summed E-state index contributed by atoms with van der Waals surface area (Å²) in [5, 5.41) is 8.92. The van der Waals surface area contributed by atoms with Crippen molar-refractivity contribution >= 4 is 11.6 Å². The van der Waals surface area contributed by atoms with Crippen LogP contribution in [-0.4, -0.2) is 18.1 Å². The van der Waals surface area contributed by atoms with Crippen LogP contribution in [0.1, 0.15) is 11.1 Å². The summed E-state index contributed by atoms with van der Waals surface area (Å²) in [6.45, 7) is 2.49. The summed E-state index contributed by atoms with van der Waals surface area (Å²) in [6, 6.07) is 13.6. The second-order valence-corrected chi connectivity index (χ2v) is 5.90. The summed E-state index contributed by atoms with van der Waals surface area (Å²) in [7, 11) is 1.58. The first-order valence-corrected chi connectivity index (χ1v) is 8.24. The normalized spacial score (nSPS) is 11.1. The third-order valence-corrected chi connectivity index (χ3v) is 4.06. The number of hydrogen-bond acceptors (Lipinski definition) is 5.